The van der Waals surface area contributed by atoms with Crippen LogP contribution in [0.3, 0.4) is 0 Å². The van der Waals surface area contributed by atoms with Crippen LogP contribution < -0.4 is 0 Å². The Labute approximate surface area is 143 Å². The number of carboxylic acids is 1. The number of Topliss-reactive ketones (excluding diaryl/α,β-unsaturated/α-hetero) is 1. The predicted molar refractivity (Wildman–Crippen MR) is 89.5 cm³/mol. The van der Waals surface area contributed by atoms with Gasteiger partial charge in [-0.15, -0.1) is 0 Å². The molecule has 0 radical (unpaired) electrons. The van der Waals surface area contributed by atoms with Crippen molar-refractivity contribution in [1.82, 2.24) is 14.7 Å². The zero-order chi connectivity index (χ0) is 19.4. The van der Waals surface area contributed by atoms with Crippen molar-refractivity contribution in [3.63, 3.8) is 0 Å². The van der Waals surface area contributed by atoms with Crippen LogP contribution in [0.4, 0.5) is 0 Å². The van der Waals surface area contributed by atoms with Gasteiger partial charge in [-0.05, 0) is 41.3 Å². The number of carboxylic acid groups (broad SMARTS) is 1. The van der Waals surface area contributed by atoms with Crippen LogP contribution in [0.1, 0.15) is 34.6 Å². The molecule has 0 saturated heterocycles. The van der Waals surface area contributed by atoms with E-state index in [1.54, 1.807) is 13.8 Å². The van der Waals surface area contributed by atoms with Gasteiger partial charge in [-0.3, -0.25) is 19.3 Å². The van der Waals surface area contributed by atoms with E-state index < -0.39 is 35.3 Å². The molecule has 0 bridgehead atoms. The van der Waals surface area contributed by atoms with Crippen LogP contribution in [0.15, 0.2) is 0 Å². The Balaban J connectivity index is 5.26. The second kappa shape index (κ2) is 8.23. The van der Waals surface area contributed by atoms with Crippen molar-refractivity contribution in [3.05, 3.63) is 0 Å². The lowest BCUT2D eigenvalue weighted by molar-refractivity contribution is -0.158. The van der Waals surface area contributed by atoms with Gasteiger partial charge in [0.25, 0.3) is 5.78 Å². The van der Waals surface area contributed by atoms with E-state index in [2.05, 4.69) is 0 Å². The molecule has 8 nitrogen and oxygen atoms in total. The molecule has 1 N–H and O–H groups in total. The molecule has 0 aliphatic rings. The van der Waals surface area contributed by atoms with Crippen molar-refractivity contribution in [2.24, 2.45) is 0 Å². The number of hydrogen-bond donors (Lipinski definition) is 1. The molecule has 2 amide bonds. The number of ketones is 1. The topological polar surface area (TPSA) is 98.2 Å². The average Bonchev–Trinajstić information content (AvgIpc) is 2.55. The van der Waals surface area contributed by atoms with Gasteiger partial charge >= 0.3 is 5.97 Å². The standard InChI is InChI=1S/C16H29N3O5/c1-9-17(6)10(2)13(21)18(7)11(3)14(22)19(8)16(4,5)12(20)15(23)24/h10-11H,9H2,1-8H3,(H,23,24). The number of carbonyl (C=O) groups is 4. The minimum Gasteiger partial charge on any atom is -0.475 e. The first-order valence-corrected chi connectivity index (χ1v) is 7.82. The molecule has 0 aromatic rings. The molecule has 0 aromatic heterocycles. The van der Waals surface area contributed by atoms with E-state index in [0.29, 0.717) is 6.54 Å². The third kappa shape index (κ3) is 4.53. The minimum absolute atomic E-state index is 0.226. The third-order valence-electron chi connectivity index (χ3n) is 4.72. The van der Waals surface area contributed by atoms with E-state index in [9.17, 15) is 19.2 Å². The molecule has 0 aromatic carbocycles. The summed E-state index contributed by atoms with van der Waals surface area (Å²) in [7, 11) is 4.69. The van der Waals surface area contributed by atoms with Gasteiger partial charge in [0.05, 0.1) is 6.04 Å². The van der Waals surface area contributed by atoms with Crippen molar-refractivity contribution in [3.8, 4) is 0 Å². The largest absolute Gasteiger partial charge is 0.475 e. The Morgan fingerprint density at radius 1 is 0.958 bits per heavy atom. The minimum atomic E-state index is -1.60. The molecular weight excluding hydrogens is 314 g/mol. The normalized spacial score (nSPS) is 14.0. The van der Waals surface area contributed by atoms with Crippen molar-refractivity contribution in [2.75, 3.05) is 27.7 Å². The summed E-state index contributed by atoms with van der Waals surface area (Å²) in [6, 6.07) is -1.22. The van der Waals surface area contributed by atoms with Gasteiger partial charge in [-0.2, -0.15) is 0 Å². The van der Waals surface area contributed by atoms with Crippen LogP contribution in [0.25, 0.3) is 0 Å². The molecule has 0 heterocycles. The zero-order valence-electron chi connectivity index (χ0n) is 15.8. The Bertz CT molecular complexity index is 518. The molecule has 0 rings (SSSR count). The first-order chi connectivity index (χ1) is 10.8. The van der Waals surface area contributed by atoms with Crippen LogP contribution in [0, 0.1) is 0 Å². The lowest BCUT2D eigenvalue weighted by Crippen LogP contribution is -2.59. The molecule has 2 atom stereocenters. The van der Waals surface area contributed by atoms with E-state index >= 15 is 0 Å². The van der Waals surface area contributed by atoms with Crippen molar-refractivity contribution >= 4 is 23.6 Å². The first-order valence-electron chi connectivity index (χ1n) is 7.82. The quantitative estimate of drug-likeness (QED) is 0.626. The van der Waals surface area contributed by atoms with Crippen LogP contribution in [0.5, 0.6) is 0 Å². The summed E-state index contributed by atoms with van der Waals surface area (Å²) >= 11 is 0. The fraction of sp³-hybridized carbons (Fsp3) is 0.750. The third-order valence-corrected chi connectivity index (χ3v) is 4.72. The fourth-order valence-corrected chi connectivity index (χ4v) is 2.08. The summed E-state index contributed by atoms with van der Waals surface area (Å²) in [4.78, 5) is 52.0. The average molecular weight is 343 g/mol. The highest BCUT2D eigenvalue weighted by Crippen LogP contribution is 2.17. The zero-order valence-corrected chi connectivity index (χ0v) is 15.8. The number of nitrogens with zero attached hydrogens (tertiary/aromatic N) is 3. The second-order valence-electron chi connectivity index (χ2n) is 6.46. The summed E-state index contributed by atoms with van der Waals surface area (Å²) < 4.78 is 0. The van der Waals surface area contributed by atoms with Crippen molar-refractivity contribution in [1.29, 1.82) is 0 Å². The summed E-state index contributed by atoms with van der Waals surface area (Å²) in [6.07, 6.45) is 0. The molecule has 0 aliphatic carbocycles. The number of hydrogen-bond acceptors (Lipinski definition) is 5. The molecule has 0 spiro atoms. The maximum absolute atomic E-state index is 12.6. The van der Waals surface area contributed by atoms with Crippen LogP contribution in [-0.2, 0) is 19.2 Å². The second-order valence-corrected chi connectivity index (χ2v) is 6.46. The summed E-state index contributed by atoms with van der Waals surface area (Å²) in [5.41, 5.74) is -1.51. The predicted octanol–water partition coefficient (Wildman–Crippen LogP) is 0.0642. The highest BCUT2D eigenvalue weighted by Gasteiger charge is 2.41. The number of likely N-dealkylation sites (N-methyl/N-ethyl adjacent to an activating group) is 3. The summed E-state index contributed by atoms with van der Waals surface area (Å²) in [5.74, 6) is -3.42. The SMILES string of the molecule is CCN(C)C(C)C(=O)N(C)C(C)C(=O)N(C)C(C)(C)C(=O)C(=O)O. The van der Waals surface area contributed by atoms with E-state index in [4.69, 9.17) is 5.11 Å². The van der Waals surface area contributed by atoms with Gasteiger partial charge in [0.15, 0.2) is 0 Å². The highest BCUT2D eigenvalue weighted by molar-refractivity contribution is 6.36. The molecule has 138 valence electrons. The smallest absolute Gasteiger partial charge is 0.374 e. The maximum Gasteiger partial charge on any atom is 0.374 e. The summed E-state index contributed by atoms with van der Waals surface area (Å²) in [5, 5.41) is 8.89. The van der Waals surface area contributed by atoms with Gasteiger partial charge in [0.2, 0.25) is 11.8 Å². The lowest BCUT2D eigenvalue weighted by atomic mass is 9.96. The summed E-state index contributed by atoms with van der Waals surface area (Å²) in [6.45, 7) is 8.64. The Hall–Kier alpha value is -1.96. The van der Waals surface area contributed by atoms with E-state index in [1.165, 1.54) is 32.8 Å². The van der Waals surface area contributed by atoms with E-state index in [0.717, 1.165) is 4.90 Å². The molecule has 0 saturated carbocycles. The van der Waals surface area contributed by atoms with Crippen LogP contribution >= 0.6 is 0 Å². The molecule has 8 heteroatoms. The van der Waals surface area contributed by atoms with Crippen molar-refractivity contribution < 1.29 is 24.3 Å². The van der Waals surface area contributed by atoms with Crippen molar-refractivity contribution in [2.45, 2.75) is 52.2 Å². The van der Waals surface area contributed by atoms with Gasteiger partial charge in [0.1, 0.15) is 11.6 Å². The monoisotopic (exact) mass is 343 g/mol. The Morgan fingerprint density at radius 2 is 1.42 bits per heavy atom. The van der Waals surface area contributed by atoms with Gasteiger partial charge in [0, 0.05) is 14.1 Å². The van der Waals surface area contributed by atoms with Gasteiger partial charge in [-0.25, -0.2) is 4.79 Å². The van der Waals surface area contributed by atoms with Crippen LogP contribution in [0.2, 0.25) is 0 Å². The fourth-order valence-electron chi connectivity index (χ4n) is 2.08. The van der Waals surface area contributed by atoms with E-state index in [-0.39, 0.29) is 5.91 Å². The number of amides is 2. The molecule has 24 heavy (non-hydrogen) atoms. The number of rotatable bonds is 8. The molecule has 2 unspecified atom stereocenters. The molecular formula is C16H29N3O5. The van der Waals surface area contributed by atoms with Gasteiger partial charge < -0.3 is 14.9 Å². The molecule has 0 aliphatic heterocycles. The first kappa shape index (κ1) is 22.0. The number of carbonyl (C=O) groups excluding carboxylic acids is 3. The van der Waals surface area contributed by atoms with E-state index in [1.807, 2.05) is 18.9 Å². The Morgan fingerprint density at radius 3 is 1.79 bits per heavy atom. The molecule has 0 fully saturated rings. The number of aliphatic carboxylic acids is 1. The van der Waals surface area contributed by atoms with Crippen LogP contribution in [-0.4, -0.2) is 88.7 Å². The highest BCUT2D eigenvalue weighted by atomic mass is 16.4. The maximum atomic E-state index is 12.6. The lowest BCUT2D eigenvalue weighted by Gasteiger charge is -2.37. The Kier molecular flexibility index (Phi) is 7.56. The van der Waals surface area contributed by atoms with Gasteiger partial charge in [-0.1, -0.05) is 6.92 Å².